The zero-order valence-electron chi connectivity index (χ0n) is 11.3. The molecule has 0 saturated heterocycles. The Bertz CT molecular complexity index is 450. The van der Waals surface area contributed by atoms with Crippen LogP contribution in [-0.2, 0) is 4.79 Å². The fourth-order valence-electron chi connectivity index (χ4n) is 2.09. The van der Waals surface area contributed by atoms with E-state index < -0.39 is 0 Å². The Morgan fingerprint density at radius 2 is 2.37 bits per heavy atom. The van der Waals surface area contributed by atoms with Crippen LogP contribution in [0.2, 0.25) is 5.28 Å². The van der Waals surface area contributed by atoms with Crippen molar-refractivity contribution in [1.82, 2.24) is 9.97 Å². The van der Waals surface area contributed by atoms with Gasteiger partial charge in [0, 0.05) is 13.6 Å². The molecule has 6 heteroatoms. The Balaban J connectivity index is 2.34. The highest BCUT2D eigenvalue weighted by molar-refractivity contribution is 6.28. The maximum atomic E-state index is 11.3. The average Bonchev–Trinajstić information content (AvgIpc) is 3.23. The van der Waals surface area contributed by atoms with Gasteiger partial charge in [-0.1, -0.05) is 6.92 Å². The van der Waals surface area contributed by atoms with E-state index in [1.165, 1.54) is 12.8 Å². The van der Waals surface area contributed by atoms with Crippen LogP contribution in [0.15, 0.2) is 6.20 Å². The molecule has 0 amide bonds. The summed E-state index contributed by atoms with van der Waals surface area (Å²) in [5.41, 5.74) is 0.797. The molecule has 1 N–H and O–H groups in total. The van der Waals surface area contributed by atoms with Crippen LogP contribution in [0.3, 0.4) is 0 Å². The summed E-state index contributed by atoms with van der Waals surface area (Å²) in [7, 11) is 1.81. The number of nitrogens with zero attached hydrogens (tertiary/aromatic N) is 3. The second-order valence-corrected chi connectivity index (χ2v) is 5.17. The molecule has 104 valence electrons. The summed E-state index contributed by atoms with van der Waals surface area (Å²) in [6.07, 6.45) is 5.83. The van der Waals surface area contributed by atoms with Gasteiger partial charge in [-0.3, -0.25) is 0 Å². The van der Waals surface area contributed by atoms with E-state index >= 15 is 0 Å². The lowest BCUT2D eigenvalue weighted by atomic mass is 10.2. The zero-order chi connectivity index (χ0) is 13.8. The van der Waals surface area contributed by atoms with Crippen molar-refractivity contribution < 1.29 is 4.79 Å². The van der Waals surface area contributed by atoms with Crippen LogP contribution in [0.25, 0.3) is 0 Å². The summed E-state index contributed by atoms with van der Waals surface area (Å²) in [4.78, 5) is 21.6. The van der Waals surface area contributed by atoms with E-state index in [4.69, 9.17) is 11.6 Å². The summed E-state index contributed by atoms with van der Waals surface area (Å²) in [6, 6.07) is -0.168. The Morgan fingerprint density at radius 1 is 1.63 bits per heavy atom. The number of aldehydes is 1. The fraction of sp³-hybridized carbons (Fsp3) is 0.615. The van der Waals surface area contributed by atoms with Crippen molar-refractivity contribution in [2.75, 3.05) is 23.8 Å². The third-order valence-electron chi connectivity index (χ3n) is 3.41. The van der Waals surface area contributed by atoms with Crippen LogP contribution in [0.5, 0.6) is 0 Å². The van der Waals surface area contributed by atoms with E-state index in [-0.39, 0.29) is 11.3 Å². The van der Waals surface area contributed by atoms with Gasteiger partial charge in [-0.05, 0) is 36.8 Å². The summed E-state index contributed by atoms with van der Waals surface area (Å²) in [5, 5.41) is 3.26. The number of nitrogens with one attached hydrogen (secondary N) is 1. The molecule has 5 nitrogen and oxygen atoms in total. The number of aromatic nitrogens is 2. The largest absolute Gasteiger partial charge is 0.384 e. The second kappa shape index (κ2) is 6.19. The van der Waals surface area contributed by atoms with Gasteiger partial charge in [-0.15, -0.1) is 0 Å². The minimum atomic E-state index is -0.168. The third kappa shape index (κ3) is 3.35. The molecule has 1 saturated carbocycles. The molecule has 0 aliphatic heterocycles. The molecule has 19 heavy (non-hydrogen) atoms. The topological polar surface area (TPSA) is 58.1 Å². The van der Waals surface area contributed by atoms with Crippen molar-refractivity contribution in [3.8, 4) is 0 Å². The first-order chi connectivity index (χ1) is 9.19. The summed E-state index contributed by atoms with van der Waals surface area (Å²) in [5.74, 6) is 1.38. The van der Waals surface area contributed by atoms with Crippen molar-refractivity contribution in [2.24, 2.45) is 5.92 Å². The van der Waals surface area contributed by atoms with Gasteiger partial charge in [0.15, 0.2) is 5.82 Å². The predicted octanol–water partition coefficient (Wildman–Crippen LogP) is 2.37. The summed E-state index contributed by atoms with van der Waals surface area (Å²) in [6.45, 7) is 2.85. The fourth-order valence-corrected chi connectivity index (χ4v) is 2.22. The molecular formula is C13H19ClN4O. The van der Waals surface area contributed by atoms with Crippen molar-refractivity contribution in [3.05, 3.63) is 11.5 Å². The van der Waals surface area contributed by atoms with E-state index in [0.29, 0.717) is 11.7 Å². The lowest BCUT2D eigenvalue weighted by Crippen LogP contribution is -2.38. The first-order valence-corrected chi connectivity index (χ1v) is 6.99. The number of carbonyl (C=O) groups excluding carboxylic acids is 1. The van der Waals surface area contributed by atoms with E-state index in [1.54, 1.807) is 6.20 Å². The van der Waals surface area contributed by atoms with Gasteiger partial charge in [0.25, 0.3) is 0 Å². The van der Waals surface area contributed by atoms with Crippen molar-refractivity contribution in [2.45, 2.75) is 32.2 Å². The monoisotopic (exact) mass is 282 g/mol. The van der Waals surface area contributed by atoms with Gasteiger partial charge in [-0.2, -0.15) is 4.98 Å². The average molecular weight is 283 g/mol. The molecule has 0 spiro atoms. The Hall–Kier alpha value is -1.36. The summed E-state index contributed by atoms with van der Waals surface area (Å²) >= 11 is 5.90. The van der Waals surface area contributed by atoms with Gasteiger partial charge in [0.2, 0.25) is 5.28 Å². The molecule has 0 radical (unpaired) electrons. The molecule has 1 unspecified atom stereocenters. The molecular weight excluding hydrogens is 264 g/mol. The van der Waals surface area contributed by atoms with E-state index in [2.05, 4.69) is 15.3 Å². The number of hydrogen-bond donors (Lipinski definition) is 1. The van der Waals surface area contributed by atoms with Gasteiger partial charge in [-0.25, -0.2) is 4.98 Å². The van der Waals surface area contributed by atoms with E-state index in [9.17, 15) is 4.79 Å². The first-order valence-electron chi connectivity index (χ1n) is 6.61. The van der Waals surface area contributed by atoms with Crippen LogP contribution in [0.4, 0.5) is 11.5 Å². The molecule has 1 aromatic heterocycles. The first kappa shape index (κ1) is 14.1. The molecule has 1 aliphatic rings. The highest BCUT2D eigenvalue weighted by Gasteiger charge is 2.29. The lowest BCUT2D eigenvalue weighted by Gasteiger charge is -2.30. The molecule has 1 aliphatic carbocycles. The van der Waals surface area contributed by atoms with Crippen molar-refractivity contribution >= 4 is 29.4 Å². The normalized spacial score (nSPS) is 15.9. The molecule has 1 aromatic rings. The molecule has 0 aromatic carbocycles. The lowest BCUT2D eigenvalue weighted by molar-refractivity contribution is -0.109. The van der Waals surface area contributed by atoms with Crippen LogP contribution in [0.1, 0.15) is 26.2 Å². The second-order valence-electron chi connectivity index (χ2n) is 4.83. The van der Waals surface area contributed by atoms with Crippen LogP contribution in [0, 0.1) is 5.92 Å². The zero-order valence-corrected chi connectivity index (χ0v) is 12.0. The Labute approximate surface area is 118 Å². The summed E-state index contributed by atoms with van der Waals surface area (Å²) < 4.78 is 0. The third-order valence-corrected chi connectivity index (χ3v) is 3.59. The number of anilines is 2. The Kier molecular flexibility index (Phi) is 4.58. The number of halogens is 1. The molecule has 0 bridgehead atoms. The number of carbonyl (C=O) groups is 1. The highest BCUT2D eigenvalue weighted by Crippen LogP contribution is 2.34. The van der Waals surface area contributed by atoms with Gasteiger partial charge < -0.3 is 15.0 Å². The maximum Gasteiger partial charge on any atom is 0.224 e. The molecule has 1 heterocycles. The minimum absolute atomic E-state index is 0.168. The molecule has 2 rings (SSSR count). The smallest absolute Gasteiger partial charge is 0.224 e. The highest BCUT2D eigenvalue weighted by atomic mass is 35.5. The van der Waals surface area contributed by atoms with E-state index in [0.717, 1.165) is 24.9 Å². The van der Waals surface area contributed by atoms with Gasteiger partial charge in [0.05, 0.1) is 17.9 Å². The maximum absolute atomic E-state index is 11.3. The SMILES string of the molecule is CCC(C=O)N(CC1CC1)c1nc(Cl)ncc1NC. The van der Waals surface area contributed by atoms with Crippen LogP contribution >= 0.6 is 11.6 Å². The standard InChI is InChI=1S/C13H19ClN4O/c1-3-10(8-19)18(7-9-4-5-9)12-11(15-2)6-16-13(14)17-12/h6,8-10,15H,3-5,7H2,1-2H3. The quantitative estimate of drug-likeness (QED) is 0.615. The van der Waals surface area contributed by atoms with Gasteiger partial charge >= 0.3 is 0 Å². The number of hydrogen-bond acceptors (Lipinski definition) is 5. The Morgan fingerprint density at radius 3 is 2.89 bits per heavy atom. The van der Waals surface area contributed by atoms with Crippen LogP contribution in [-0.4, -0.2) is 35.9 Å². The van der Waals surface area contributed by atoms with E-state index in [1.807, 2.05) is 18.9 Å². The van der Waals surface area contributed by atoms with Crippen LogP contribution < -0.4 is 10.2 Å². The van der Waals surface area contributed by atoms with Crippen molar-refractivity contribution in [1.29, 1.82) is 0 Å². The molecule has 1 fully saturated rings. The molecule has 1 atom stereocenters. The van der Waals surface area contributed by atoms with Crippen molar-refractivity contribution in [3.63, 3.8) is 0 Å². The minimum Gasteiger partial charge on any atom is -0.384 e. The van der Waals surface area contributed by atoms with Gasteiger partial charge in [0.1, 0.15) is 6.29 Å². The predicted molar refractivity (Wildman–Crippen MR) is 76.8 cm³/mol. The number of rotatable bonds is 7.